The Balaban J connectivity index is 1.54. The predicted molar refractivity (Wildman–Crippen MR) is 144 cm³/mol. The summed E-state index contributed by atoms with van der Waals surface area (Å²) < 4.78 is 60.7. The van der Waals surface area contributed by atoms with Crippen molar-refractivity contribution in [3.63, 3.8) is 0 Å². The molecule has 0 spiro atoms. The minimum Gasteiger partial charge on any atom is -0.497 e. The number of carbonyl (C=O) groups excluding carboxylic acids is 1. The Morgan fingerprint density at radius 2 is 1.55 bits per heavy atom. The number of hydrogen-bond donors (Lipinski definition) is 2. The summed E-state index contributed by atoms with van der Waals surface area (Å²) >= 11 is 0. The maximum absolute atomic E-state index is 13.5. The van der Waals surface area contributed by atoms with E-state index in [0.717, 1.165) is 4.31 Å². The normalized spacial score (nSPS) is 11.4. The van der Waals surface area contributed by atoms with E-state index in [1.807, 2.05) is 0 Å². The molecule has 0 unspecified atom stereocenters. The number of hydrogen-bond acceptors (Lipinski definition) is 7. The van der Waals surface area contributed by atoms with E-state index < -0.39 is 32.5 Å². The largest absolute Gasteiger partial charge is 0.497 e. The minimum absolute atomic E-state index is 0.0191. The average Bonchev–Trinajstić information content (AvgIpc) is 2.93. The van der Waals surface area contributed by atoms with Gasteiger partial charge in [0, 0.05) is 18.0 Å². The van der Waals surface area contributed by atoms with Crippen LogP contribution in [-0.4, -0.2) is 41.4 Å². The van der Waals surface area contributed by atoms with Crippen LogP contribution >= 0.6 is 0 Å². The van der Waals surface area contributed by atoms with Crippen LogP contribution in [0, 0.1) is 0 Å². The van der Waals surface area contributed by atoms with Gasteiger partial charge in [-0.1, -0.05) is 30.3 Å². The van der Waals surface area contributed by atoms with Crippen LogP contribution in [0.3, 0.4) is 0 Å². The Labute approximate surface area is 221 Å². The molecule has 10 nitrogen and oxygen atoms in total. The summed E-state index contributed by atoms with van der Waals surface area (Å²) in [6.07, 6.45) is 1.46. The lowest BCUT2D eigenvalue weighted by Gasteiger charge is -2.24. The van der Waals surface area contributed by atoms with Crippen LogP contribution in [0.15, 0.2) is 113 Å². The zero-order chi connectivity index (χ0) is 27.2. The lowest BCUT2D eigenvalue weighted by molar-refractivity contribution is -0.114. The SMILES string of the molecule is COc1cccc(N(CC(=O)Nc2ccc(S(=O)(=O)Nc3ccccn3)cc2)S(=O)(=O)c2ccccc2)c1. The lowest BCUT2D eigenvalue weighted by Crippen LogP contribution is -2.38. The summed E-state index contributed by atoms with van der Waals surface area (Å²) in [6.45, 7) is -0.536. The fraction of sp³-hybridized carbons (Fsp3) is 0.0769. The number of ether oxygens (including phenoxy) is 1. The fourth-order valence-corrected chi connectivity index (χ4v) is 5.91. The van der Waals surface area contributed by atoms with Crippen molar-refractivity contribution in [2.75, 3.05) is 28.0 Å². The van der Waals surface area contributed by atoms with Crippen LogP contribution in [0.4, 0.5) is 17.2 Å². The van der Waals surface area contributed by atoms with E-state index in [-0.39, 0.29) is 27.0 Å². The number of methoxy groups -OCH3 is 1. The first kappa shape index (κ1) is 26.6. The Morgan fingerprint density at radius 1 is 0.842 bits per heavy atom. The molecular weight excluding hydrogens is 528 g/mol. The Hall–Kier alpha value is -4.42. The number of benzene rings is 3. The molecule has 1 amide bonds. The van der Waals surface area contributed by atoms with Gasteiger partial charge < -0.3 is 10.1 Å². The highest BCUT2D eigenvalue weighted by Gasteiger charge is 2.27. The van der Waals surface area contributed by atoms with Crippen molar-refractivity contribution in [2.45, 2.75) is 9.79 Å². The van der Waals surface area contributed by atoms with Crippen LogP contribution in [0.5, 0.6) is 5.75 Å². The Morgan fingerprint density at radius 3 is 2.21 bits per heavy atom. The highest BCUT2D eigenvalue weighted by molar-refractivity contribution is 7.93. The van der Waals surface area contributed by atoms with E-state index >= 15 is 0 Å². The molecule has 0 bridgehead atoms. The summed E-state index contributed by atoms with van der Waals surface area (Å²) in [5, 5.41) is 2.62. The molecule has 0 fully saturated rings. The molecule has 2 N–H and O–H groups in total. The molecule has 196 valence electrons. The summed E-state index contributed by atoms with van der Waals surface area (Å²) in [7, 11) is -6.54. The second-order valence-corrected chi connectivity index (χ2v) is 11.5. The van der Waals surface area contributed by atoms with Crippen LogP contribution in [0.25, 0.3) is 0 Å². The third-order valence-electron chi connectivity index (χ3n) is 5.31. The molecule has 4 aromatic rings. The molecule has 0 atom stereocenters. The maximum atomic E-state index is 13.5. The number of anilines is 3. The van der Waals surface area contributed by atoms with Gasteiger partial charge in [0.2, 0.25) is 5.91 Å². The summed E-state index contributed by atoms with van der Waals surface area (Å²) in [5.74, 6) is -0.0380. The zero-order valence-electron chi connectivity index (χ0n) is 20.2. The van der Waals surface area contributed by atoms with Gasteiger partial charge in [-0.2, -0.15) is 0 Å². The molecule has 1 aromatic heterocycles. The second-order valence-electron chi connectivity index (χ2n) is 7.92. The van der Waals surface area contributed by atoms with Crippen molar-refractivity contribution in [2.24, 2.45) is 0 Å². The molecule has 3 aromatic carbocycles. The van der Waals surface area contributed by atoms with Crippen molar-refractivity contribution in [1.29, 1.82) is 0 Å². The fourth-order valence-electron chi connectivity index (χ4n) is 3.47. The smallest absolute Gasteiger partial charge is 0.264 e. The quantitative estimate of drug-likeness (QED) is 0.306. The van der Waals surface area contributed by atoms with Crippen LogP contribution in [0.2, 0.25) is 0 Å². The molecule has 4 rings (SSSR count). The van der Waals surface area contributed by atoms with Gasteiger partial charge in [-0.15, -0.1) is 0 Å². The van der Waals surface area contributed by atoms with Crippen LogP contribution < -0.4 is 19.1 Å². The lowest BCUT2D eigenvalue weighted by atomic mass is 10.3. The number of sulfonamides is 2. The van der Waals surface area contributed by atoms with Gasteiger partial charge in [0.25, 0.3) is 20.0 Å². The number of carbonyl (C=O) groups is 1. The number of nitrogens with zero attached hydrogens (tertiary/aromatic N) is 2. The minimum atomic E-state index is -4.10. The first-order valence-corrected chi connectivity index (χ1v) is 14.2. The molecule has 0 aliphatic heterocycles. The zero-order valence-corrected chi connectivity index (χ0v) is 21.8. The van der Waals surface area contributed by atoms with Gasteiger partial charge in [0.1, 0.15) is 18.1 Å². The van der Waals surface area contributed by atoms with E-state index in [0.29, 0.717) is 5.75 Å². The third kappa shape index (κ3) is 6.28. The van der Waals surface area contributed by atoms with E-state index in [1.165, 1.54) is 61.8 Å². The van der Waals surface area contributed by atoms with Gasteiger partial charge in [-0.25, -0.2) is 21.8 Å². The molecule has 0 radical (unpaired) electrons. The first-order chi connectivity index (χ1) is 18.2. The second kappa shape index (κ2) is 11.3. The Kier molecular flexibility index (Phi) is 7.93. The van der Waals surface area contributed by atoms with E-state index in [1.54, 1.807) is 48.5 Å². The first-order valence-electron chi connectivity index (χ1n) is 11.2. The highest BCUT2D eigenvalue weighted by Crippen LogP contribution is 2.27. The summed E-state index contributed by atoms with van der Waals surface area (Å²) in [4.78, 5) is 16.9. The van der Waals surface area contributed by atoms with Gasteiger partial charge in [-0.3, -0.25) is 13.8 Å². The predicted octanol–water partition coefficient (Wildman–Crippen LogP) is 3.73. The monoisotopic (exact) mass is 552 g/mol. The van der Waals surface area contributed by atoms with E-state index in [9.17, 15) is 21.6 Å². The van der Waals surface area contributed by atoms with Crippen molar-refractivity contribution in [1.82, 2.24) is 4.98 Å². The average molecular weight is 553 g/mol. The van der Waals surface area contributed by atoms with Gasteiger partial charge >= 0.3 is 0 Å². The molecule has 0 aliphatic rings. The number of amides is 1. The molecule has 0 saturated carbocycles. The number of aromatic nitrogens is 1. The van der Waals surface area contributed by atoms with E-state index in [2.05, 4.69) is 15.0 Å². The third-order valence-corrected chi connectivity index (χ3v) is 8.47. The summed E-state index contributed by atoms with van der Waals surface area (Å²) in [5.41, 5.74) is 0.528. The molecular formula is C26H24N4O6S2. The maximum Gasteiger partial charge on any atom is 0.264 e. The van der Waals surface area contributed by atoms with Crippen LogP contribution in [-0.2, 0) is 24.8 Å². The topological polar surface area (TPSA) is 135 Å². The summed E-state index contributed by atoms with van der Waals surface area (Å²) in [6, 6.07) is 24.4. The van der Waals surface area contributed by atoms with E-state index in [4.69, 9.17) is 4.74 Å². The van der Waals surface area contributed by atoms with Crippen molar-refractivity contribution in [3.8, 4) is 5.75 Å². The van der Waals surface area contributed by atoms with Crippen molar-refractivity contribution < 1.29 is 26.4 Å². The highest BCUT2D eigenvalue weighted by atomic mass is 32.2. The number of nitrogens with one attached hydrogen (secondary N) is 2. The molecule has 12 heteroatoms. The molecule has 38 heavy (non-hydrogen) atoms. The number of pyridine rings is 1. The molecule has 0 saturated heterocycles. The Bertz CT molecular complexity index is 1610. The molecule has 0 aliphatic carbocycles. The van der Waals surface area contributed by atoms with Crippen molar-refractivity contribution in [3.05, 3.63) is 103 Å². The van der Waals surface area contributed by atoms with Gasteiger partial charge in [0.05, 0.1) is 22.6 Å². The standard InChI is InChI=1S/C26H24N4O6S2/c1-36-22-9-7-8-21(18-22)30(38(34,35)24-10-3-2-4-11-24)19-26(31)28-20-13-15-23(16-14-20)37(32,33)29-25-12-5-6-17-27-25/h2-18H,19H2,1H3,(H,27,29)(H,28,31). The van der Waals surface area contributed by atoms with Crippen LogP contribution in [0.1, 0.15) is 0 Å². The van der Waals surface area contributed by atoms with Crippen molar-refractivity contribution >= 4 is 43.1 Å². The molecule has 1 heterocycles. The van der Waals surface area contributed by atoms with Gasteiger partial charge in [0.15, 0.2) is 0 Å². The van der Waals surface area contributed by atoms with Gasteiger partial charge in [-0.05, 0) is 60.7 Å². The number of rotatable bonds is 10.